The Bertz CT molecular complexity index is 666. The van der Waals surface area contributed by atoms with Gasteiger partial charge in [0.2, 0.25) is 6.33 Å². The van der Waals surface area contributed by atoms with Crippen LogP contribution in [0.4, 0.5) is 0 Å². The number of nitrogens with zero attached hydrogens (tertiary/aromatic N) is 2. The molecule has 0 saturated heterocycles. The summed E-state index contributed by atoms with van der Waals surface area (Å²) in [6, 6.07) is 16.9. The summed E-state index contributed by atoms with van der Waals surface area (Å²) in [5.41, 5.74) is 5.04. The van der Waals surface area contributed by atoms with Crippen LogP contribution in [0.1, 0.15) is 5.56 Å². The second-order valence-electron chi connectivity index (χ2n) is 4.37. The van der Waals surface area contributed by atoms with Crippen LogP contribution in [0.25, 0.3) is 16.7 Å². The van der Waals surface area contributed by atoms with E-state index >= 15 is 0 Å². The first-order chi connectivity index (χ1) is 8.27. The van der Waals surface area contributed by atoms with Gasteiger partial charge in [-0.25, -0.2) is 4.57 Å². The summed E-state index contributed by atoms with van der Waals surface area (Å²) in [7, 11) is 2.08. The molecule has 0 amide bonds. The van der Waals surface area contributed by atoms with Gasteiger partial charge in [-0.1, -0.05) is 30.3 Å². The second kappa shape index (κ2) is 3.74. The van der Waals surface area contributed by atoms with E-state index in [4.69, 9.17) is 0 Å². The third-order valence-electron chi connectivity index (χ3n) is 3.16. The first-order valence-electron chi connectivity index (χ1n) is 5.79. The van der Waals surface area contributed by atoms with Crippen LogP contribution in [0, 0.1) is 6.92 Å². The van der Waals surface area contributed by atoms with Gasteiger partial charge in [0.15, 0.2) is 11.0 Å². The highest BCUT2D eigenvalue weighted by atomic mass is 15.1. The molecule has 0 spiro atoms. The fourth-order valence-corrected chi connectivity index (χ4v) is 2.32. The Morgan fingerprint density at radius 1 is 0.941 bits per heavy atom. The Labute approximate surface area is 101 Å². The molecule has 84 valence electrons. The van der Waals surface area contributed by atoms with E-state index in [1.165, 1.54) is 22.3 Å². The van der Waals surface area contributed by atoms with Gasteiger partial charge in [-0.3, -0.25) is 0 Å². The molecule has 0 atom stereocenters. The summed E-state index contributed by atoms with van der Waals surface area (Å²) >= 11 is 0. The van der Waals surface area contributed by atoms with Crippen molar-refractivity contribution in [1.82, 2.24) is 4.57 Å². The maximum Gasteiger partial charge on any atom is 0.249 e. The molecular weight excluding hydrogens is 208 g/mol. The largest absolute Gasteiger partial charge is 0.249 e. The molecule has 2 nitrogen and oxygen atoms in total. The van der Waals surface area contributed by atoms with Gasteiger partial charge in [0.1, 0.15) is 5.69 Å². The molecule has 0 bridgehead atoms. The van der Waals surface area contributed by atoms with Crippen molar-refractivity contribution in [2.45, 2.75) is 6.92 Å². The number of para-hydroxylation sites is 2. The average Bonchev–Trinajstić information content (AvgIpc) is 2.70. The summed E-state index contributed by atoms with van der Waals surface area (Å²) in [6.45, 7) is 2.15. The number of aromatic nitrogens is 2. The van der Waals surface area contributed by atoms with Gasteiger partial charge >= 0.3 is 0 Å². The number of hydrogen-bond acceptors (Lipinski definition) is 0. The van der Waals surface area contributed by atoms with Crippen molar-refractivity contribution in [1.29, 1.82) is 0 Å². The van der Waals surface area contributed by atoms with Crippen molar-refractivity contribution in [3.63, 3.8) is 0 Å². The average molecular weight is 223 g/mol. The monoisotopic (exact) mass is 223 g/mol. The van der Waals surface area contributed by atoms with Crippen LogP contribution in [0.5, 0.6) is 0 Å². The predicted molar refractivity (Wildman–Crippen MR) is 69.2 cm³/mol. The molecule has 17 heavy (non-hydrogen) atoms. The predicted octanol–water partition coefficient (Wildman–Crippen LogP) is 2.76. The zero-order valence-electron chi connectivity index (χ0n) is 10.1. The molecule has 0 aliphatic carbocycles. The quantitative estimate of drug-likeness (QED) is 0.561. The van der Waals surface area contributed by atoms with E-state index in [1.807, 2.05) is 6.07 Å². The molecule has 0 saturated carbocycles. The molecule has 0 radical (unpaired) electrons. The van der Waals surface area contributed by atoms with Gasteiger partial charge in [-0.05, 0) is 25.1 Å². The van der Waals surface area contributed by atoms with Gasteiger partial charge in [0.05, 0.1) is 7.05 Å². The number of benzene rings is 2. The maximum atomic E-state index is 2.24. The Hall–Kier alpha value is -2.09. The van der Waals surface area contributed by atoms with Gasteiger partial charge in [0.25, 0.3) is 0 Å². The van der Waals surface area contributed by atoms with E-state index in [0.29, 0.717) is 0 Å². The molecule has 3 rings (SSSR count). The Morgan fingerprint density at radius 3 is 2.47 bits per heavy atom. The SMILES string of the molecule is Cc1cccc2c1n(-c1ccccc1)c[n+]2C. The maximum absolute atomic E-state index is 2.24. The lowest BCUT2D eigenvalue weighted by atomic mass is 10.2. The molecule has 1 heterocycles. The first kappa shape index (κ1) is 10.1. The molecular formula is C15H15N2+. The zero-order chi connectivity index (χ0) is 11.8. The highest BCUT2D eigenvalue weighted by Gasteiger charge is 2.16. The summed E-state index contributed by atoms with van der Waals surface area (Å²) < 4.78 is 4.40. The lowest BCUT2D eigenvalue weighted by Gasteiger charge is -1.98. The van der Waals surface area contributed by atoms with E-state index in [-0.39, 0.29) is 0 Å². The lowest BCUT2D eigenvalue weighted by Crippen LogP contribution is -2.25. The van der Waals surface area contributed by atoms with Crippen LogP contribution in [-0.4, -0.2) is 4.57 Å². The molecule has 2 heteroatoms. The van der Waals surface area contributed by atoms with Crippen molar-refractivity contribution >= 4 is 11.0 Å². The highest BCUT2D eigenvalue weighted by Crippen LogP contribution is 2.19. The third kappa shape index (κ3) is 1.53. The summed E-state index contributed by atoms with van der Waals surface area (Å²) in [5.74, 6) is 0. The fraction of sp³-hybridized carbons (Fsp3) is 0.133. The molecule has 0 fully saturated rings. The number of imidazole rings is 1. The number of aryl methyl sites for hydroxylation is 2. The van der Waals surface area contributed by atoms with Crippen molar-refractivity contribution < 1.29 is 4.57 Å². The summed E-state index contributed by atoms with van der Waals surface area (Å²) in [6.07, 6.45) is 2.13. The Kier molecular flexibility index (Phi) is 2.22. The molecule has 1 aromatic heterocycles. The van der Waals surface area contributed by atoms with Crippen LogP contribution < -0.4 is 4.57 Å². The number of hydrogen-bond donors (Lipinski definition) is 0. The first-order valence-corrected chi connectivity index (χ1v) is 5.79. The van der Waals surface area contributed by atoms with Gasteiger partial charge in [-0.15, -0.1) is 0 Å². The van der Waals surface area contributed by atoms with Gasteiger partial charge in [-0.2, -0.15) is 4.57 Å². The summed E-state index contributed by atoms with van der Waals surface area (Å²) in [5, 5.41) is 0. The van der Waals surface area contributed by atoms with E-state index in [9.17, 15) is 0 Å². The van der Waals surface area contributed by atoms with E-state index in [1.54, 1.807) is 0 Å². The fourth-order valence-electron chi connectivity index (χ4n) is 2.32. The van der Waals surface area contributed by atoms with Crippen LogP contribution in [0.2, 0.25) is 0 Å². The van der Waals surface area contributed by atoms with Gasteiger partial charge < -0.3 is 0 Å². The normalized spacial score (nSPS) is 10.9. The smallest absolute Gasteiger partial charge is 0.232 e. The van der Waals surface area contributed by atoms with Crippen LogP contribution in [0.15, 0.2) is 54.9 Å². The van der Waals surface area contributed by atoms with Crippen molar-refractivity contribution in [3.8, 4) is 5.69 Å². The second-order valence-corrected chi connectivity index (χ2v) is 4.37. The summed E-state index contributed by atoms with van der Waals surface area (Å²) in [4.78, 5) is 0. The number of rotatable bonds is 1. The molecule has 0 unspecified atom stereocenters. The van der Waals surface area contributed by atoms with Crippen molar-refractivity contribution in [3.05, 3.63) is 60.4 Å². The molecule has 0 aliphatic rings. The minimum Gasteiger partial charge on any atom is -0.232 e. The minimum atomic E-state index is 1.20. The molecule has 0 N–H and O–H groups in total. The van der Waals surface area contributed by atoms with E-state index in [0.717, 1.165) is 0 Å². The van der Waals surface area contributed by atoms with E-state index < -0.39 is 0 Å². The van der Waals surface area contributed by atoms with Crippen molar-refractivity contribution in [2.24, 2.45) is 7.05 Å². The van der Waals surface area contributed by atoms with E-state index in [2.05, 4.69) is 71.9 Å². The van der Waals surface area contributed by atoms with Crippen LogP contribution in [-0.2, 0) is 7.05 Å². The molecule has 2 aromatic carbocycles. The van der Waals surface area contributed by atoms with Crippen molar-refractivity contribution in [2.75, 3.05) is 0 Å². The highest BCUT2D eigenvalue weighted by molar-refractivity contribution is 5.77. The Morgan fingerprint density at radius 2 is 1.71 bits per heavy atom. The zero-order valence-corrected chi connectivity index (χ0v) is 10.1. The molecule has 3 aromatic rings. The Balaban J connectivity index is 2.38. The third-order valence-corrected chi connectivity index (χ3v) is 3.16. The molecule has 0 aliphatic heterocycles. The lowest BCUT2D eigenvalue weighted by molar-refractivity contribution is -0.645. The van der Waals surface area contributed by atoms with Crippen LogP contribution >= 0.6 is 0 Å². The van der Waals surface area contributed by atoms with Crippen LogP contribution in [0.3, 0.4) is 0 Å². The van der Waals surface area contributed by atoms with Gasteiger partial charge in [0, 0.05) is 5.56 Å². The standard InChI is InChI=1S/C15H15N2/c1-12-7-6-10-14-15(12)17(11-16(14)2)13-8-4-3-5-9-13/h3-11H,1-2H3/q+1. The minimum absolute atomic E-state index is 1.20. The number of fused-ring (bicyclic) bond motifs is 1. The topological polar surface area (TPSA) is 8.81 Å².